The van der Waals surface area contributed by atoms with Gasteiger partial charge < -0.3 is 5.32 Å². The predicted octanol–water partition coefficient (Wildman–Crippen LogP) is 1.30. The minimum absolute atomic E-state index is 0.0201. The van der Waals surface area contributed by atoms with Gasteiger partial charge in [-0.25, -0.2) is 0 Å². The highest BCUT2D eigenvalue weighted by molar-refractivity contribution is 6.05. The normalized spacial score (nSPS) is 25.1. The highest BCUT2D eigenvalue weighted by Gasteiger charge is 2.39. The first-order valence-electron chi connectivity index (χ1n) is 6.69. The van der Waals surface area contributed by atoms with Crippen LogP contribution in [0.5, 0.6) is 0 Å². The van der Waals surface area contributed by atoms with Crippen molar-refractivity contribution in [3.8, 4) is 0 Å². The van der Waals surface area contributed by atoms with E-state index in [2.05, 4.69) is 5.32 Å². The molecule has 0 radical (unpaired) electrons. The fourth-order valence-corrected chi connectivity index (χ4v) is 2.43. The van der Waals surface area contributed by atoms with E-state index in [1.165, 1.54) is 24.2 Å². The van der Waals surface area contributed by atoms with E-state index < -0.39 is 0 Å². The van der Waals surface area contributed by atoms with Gasteiger partial charge in [0, 0.05) is 6.04 Å². The molecule has 0 bridgehead atoms. The van der Waals surface area contributed by atoms with Crippen LogP contribution in [0.15, 0.2) is 0 Å². The van der Waals surface area contributed by atoms with Crippen molar-refractivity contribution in [1.82, 2.24) is 10.2 Å². The number of likely N-dealkylation sites (tertiary alicyclic amines) is 1. The zero-order chi connectivity index (χ0) is 12.4. The van der Waals surface area contributed by atoms with Crippen molar-refractivity contribution in [3.63, 3.8) is 0 Å². The first kappa shape index (κ1) is 12.6. The Hall–Kier alpha value is -0.900. The maximum Gasteiger partial charge on any atom is 0.247 e. The second-order valence-corrected chi connectivity index (χ2v) is 5.49. The van der Waals surface area contributed by atoms with Crippen molar-refractivity contribution >= 4 is 11.8 Å². The first-order chi connectivity index (χ1) is 8.09. The fraction of sp³-hybridized carbons (Fsp3) is 0.846. The fourth-order valence-electron chi connectivity index (χ4n) is 2.43. The SMILES string of the molecule is CC(C)N1C(=O)CC(NCCCC2CC2)C1=O. The van der Waals surface area contributed by atoms with Crippen LogP contribution in [0.25, 0.3) is 0 Å². The summed E-state index contributed by atoms with van der Waals surface area (Å²) in [5.41, 5.74) is 0. The molecule has 2 rings (SSSR count). The molecule has 1 saturated carbocycles. The Kier molecular flexibility index (Phi) is 3.82. The Bertz CT molecular complexity index is 311. The van der Waals surface area contributed by atoms with Gasteiger partial charge in [0.2, 0.25) is 11.8 Å². The molecule has 2 fully saturated rings. The molecule has 1 aliphatic heterocycles. The number of imide groups is 1. The van der Waals surface area contributed by atoms with Crippen LogP contribution < -0.4 is 5.32 Å². The smallest absolute Gasteiger partial charge is 0.247 e. The Morgan fingerprint density at radius 2 is 2.06 bits per heavy atom. The maximum absolute atomic E-state index is 11.9. The van der Waals surface area contributed by atoms with Gasteiger partial charge in [0.25, 0.3) is 0 Å². The molecule has 1 heterocycles. The second kappa shape index (κ2) is 5.17. The molecule has 1 saturated heterocycles. The van der Waals surface area contributed by atoms with Crippen LogP contribution in [0.4, 0.5) is 0 Å². The highest BCUT2D eigenvalue weighted by Crippen LogP contribution is 2.33. The molecule has 17 heavy (non-hydrogen) atoms. The molecule has 0 spiro atoms. The van der Waals surface area contributed by atoms with Crippen molar-refractivity contribution in [2.45, 2.75) is 58.0 Å². The molecule has 2 amide bonds. The van der Waals surface area contributed by atoms with E-state index >= 15 is 0 Å². The molecular weight excluding hydrogens is 216 g/mol. The van der Waals surface area contributed by atoms with Gasteiger partial charge >= 0.3 is 0 Å². The molecule has 1 N–H and O–H groups in total. The molecule has 4 heteroatoms. The average molecular weight is 238 g/mol. The lowest BCUT2D eigenvalue weighted by molar-refractivity contribution is -0.140. The predicted molar refractivity (Wildman–Crippen MR) is 65.4 cm³/mol. The summed E-state index contributed by atoms with van der Waals surface area (Å²) in [6.07, 6.45) is 5.46. The quantitative estimate of drug-likeness (QED) is 0.560. The molecule has 0 aromatic rings. The van der Waals surface area contributed by atoms with Crippen LogP contribution in [-0.4, -0.2) is 35.3 Å². The van der Waals surface area contributed by atoms with Gasteiger partial charge in [-0.05, 0) is 39.2 Å². The monoisotopic (exact) mass is 238 g/mol. The summed E-state index contributed by atoms with van der Waals surface area (Å²) in [5.74, 6) is 0.853. The molecule has 1 aliphatic carbocycles. The zero-order valence-electron chi connectivity index (χ0n) is 10.7. The van der Waals surface area contributed by atoms with Gasteiger partial charge in [0.05, 0.1) is 12.5 Å². The lowest BCUT2D eigenvalue weighted by atomic mass is 10.2. The van der Waals surface area contributed by atoms with E-state index in [1.807, 2.05) is 13.8 Å². The molecule has 1 atom stereocenters. The number of rotatable bonds is 6. The number of nitrogens with zero attached hydrogens (tertiary/aromatic N) is 1. The molecule has 1 unspecified atom stereocenters. The minimum atomic E-state index is -0.274. The number of hydrogen-bond acceptors (Lipinski definition) is 3. The van der Waals surface area contributed by atoms with E-state index in [0.717, 1.165) is 18.9 Å². The van der Waals surface area contributed by atoms with Crippen LogP contribution in [0.2, 0.25) is 0 Å². The molecular formula is C13H22N2O2. The lowest BCUT2D eigenvalue weighted by Gasteiger charge is -2.19. The summed E-state index contributed by atoms with van der Waals surface area (Å²) in [6.45, 7) is 4.61. The summed E-state index contributed by atoms with van der Waals surface area (Å²) in [6, 6.07) is -0.294. The summed E-state index contributed by atoms with van der Waals surface area (Å²) < 4.78 is 0. The Balaban J connectivity index is 1.73. The summed E-state index contributed by atoms with van der Waals surface area (Å²) in [5, 5.41) is 3.22. The van der Waals surface area contributed by atoms with Crippen LogP contribution in [0, 0.1) is 5.92 Å². The van der Waals surface area contributed by atoms with Gasteiger partial charge in [-0.3, -0.25) is 14.5 Å². The van der Waals surface area contributed by atoms with Crippen LogP contribution in [-0.2, 0) is 9.59 Å². The third-order valence-corrected chi connectivity index (χ3v) is 3.58. The minimum Gasteiger partial charge on any atom is -0.305 e. The Morgan fingerprint density at radius 3 is 2.59 bits per heavy atom. The Morgan fingerprint density at radius 1 is 1.35 bits per heavy atom. The van der Waals surface area contributed by atoms with Gasteiger partial charge in [-0.2, -0.15) is 0 Å². The van der Waals surface area contributed by atoms with E-state index in [1.54, 1.807) is 0 Å². The Labute approximate surface area is 103 Å². The zero-order valence-corrected chi connectivity index (χ0v) is 10.7. The summed E-state index contributed by atoms with van der Waals surface area (Å²) in [4.78, 5) is 25.0. The van der Waals surface area contributed by atoms with Gasteiger partial charge in [0.1, 0.15) is 0 Å². The highest BCUT2D eigenvalue weighted by atomic mass is 16.2. The van der Waals surface area contributed by atoms with Gasteiger partial charge in [-0.1, -0.05) is 12.8 Å². The largest absolute Gasteiger partial charge is 0.305 e. The van der Waals surface area contributed by atoms with Crippen molar-refractivity contribution in [1.29, 1.82) is 0 Å². The summed E-state index contributed by atoms with van der Waals surface area (Å²) in [7, 11) is 0. The third kappa shape index (κ3) is 3.06. The topological polar surface area (TPSA) is 49.4 Å². The van der Waals surface area contributed by atoms with E-state index in [-0.39, 0.29) is 23.9 Å². The molecule has 4 nitrogen and oxygen atoms in total. The summed E-state index contributed by atoms with van der Waals surface area (Å²) >= 11 is 0. The van der Waals surface area contributed by atoms with Crippen molar-refractivity contribution in [2.75, 3.05) is 6.54 Å². The molecule has 2 aliphatic rings. The number of carbonyl (C=O) groups is 2. The second-order valence-electron chi connectivity index (χ2n) is 5.49. The number of carbonyl (C=O) groups excluding carboxylic acids is 2. The van der Waals surface area contributed by atoms with Gasteiger partial charge in [0.15, 0.2) is 0 Å². The van der Waals surface area contributed by atoms with Crippen molar-refractivity contribution < 1.29 is 9.59 Å². The van der Waals surface area contributed by atoms with Gasteiger partial charge in [-0.15, -0.1) is 0 Å². The standard InChI is InChI=1S/C13H22N2O2/c1-9(2)15-12(16)8-11(13(15)17)14-7-3-4-10-5-6-10/h9-11,14H,3-8H2,1-2H3. The molecule has 96 valence electrons. The van der Waals surface area contributed by atoms with Crippen LogP contribution in [0.1, 0.15) is 46.0 Å². The third-order valence-electron chi connectivity index (χ3n) is 3.58. The van der Waals surface area contributed by atoms with E-state index in [9.17, 15) is 9.59 Å². The van der Waals surface area contributed by atoms with Crippen LogP contribution in [0.3, 0.4) is 0 Å². The van der Waals surface area contributed by atoms with E-state index in [0.29, 0.717) is 6.42 Å². The van der Waals surface area contributed by atoms with E-state index in [4.69, 9.17) is 0 Å². The number of nitrogens with one attached hydrogen (secondary N) is 1. The van der Waals surface area contributed by atoms with Crippen molar-refractivity contribution in [2.24, 2.45) is 5.92 Å². The lowest BCUT2D eigenvalue weighted by Crippen LogP contribution is -2.42. The molecule has 0 aromatic heterocycles. The van der Waals surface area contributed by atoms with Crippen molar-refractivity contribution in [3.05, 3.63) is 0 Å². The number of hydrogen-bond donors (Lipinski definition) is 1. The number of amides is 2. The first-order valence-corrected chi connectivity index (χ1v) is 6.69. The maximum atomic E-state index is 11.9. The average Bonchev–Trinajstić information content (AvgIpc) is 3.01. The van der Waals surface area contributed by atoms with Crippen LogP contribution >= 0.6 is 0 Å². The molecule has 0 aromatic carbocycles.